The van der Waals surface area contributed by atoms with E-state index in [1.807, 2.05) is 0 Å². The molecule has 0 radical (unpaired) electrons. The Hall–Kier alpha value is -2.10. The van der Waals surface area contributed by atoms with E-state index in [2.05, 4.69) is 0 Å². The van der Waals surface area contributed by atoms with Crippen molar-refractivity contribution in [2.24, 2.45) is 0 Å². The number of phenols is 1. The second-order valence-corrected chi connectivity index (χ2v) is 4.41. The molecular weight excluding hydrogens is 232 g/mol. The van der Waals surface area contributed by atoms with Crippen molar-refractivity contribution >= 4 is 17.3 Å². The van der Waals surface area contributed by atoms with E-state index in [0.29, 0.717) is 17.5 Å². The standard InChI is InChI=1S/C14H14O4/c15-11-3-1-2-10(8-11)12-6-9(7-14(17)18)4-5-13(12)16/h4-6,8,16H,1-3,7H2,(H,17,18). The van der Waals surface area contributed by atoms with Gasteiger partial charge in [-0.05, 0) is 42.2 Å². The second kappa shape index (κ2) is 5.04. The molecule has 0 unspecified atom stereocenters. The van der Waals surface area contributed by atoms with Gasteiger partial charge in [-0.3, -0.25) is 9.59 Å². The van der Waals surface area contributed by atoms with E-state index in [9.17, 15) is 14.7 Å². The first-order chi connectivity index (χ1) is 8.56. The molecule has 0 saturated heterocycles. The van der Waals surface area contributed by atoms with Crippen molar-refractivity contribution in [3.63, 3.8) is 0 Å². The molecule has 4 heteroatoms. The Morgan fingerprint density at radius 2 is 2.06 bits per heavy atom. The predicted octanol–water partition coefficient (Wildman–Crippen LogP) is 2.16. The van der Waals surface area contributed by atoms with Gasteiger partial charge in [-0.15, -0.1) is 0 Å². The van der Waals surface area contributed by atoms with Gasteiger partial charge in [0.2, 0.25) is 0 Å². The SMILES string of the molecule is O=C(O)Cc1ccc(O)c(C2=CC(=O)CCC2)c1. The summed E-state index contributed by atoms with van der Waals surface area (Å²) in [6.45, 7) is 0. The van der Waals surface area contributed by atoms with Crippen molar-refractivity contribution in [1.82, 2.24) is 0 Å². The van der Waals surface area contributed by atoms with Crippen molar-refractivity contribution in [2.75, 3.05) is 0 Å². The van der Waals surface area contributed by atoms with Crippen molar-refractivity contribution in [3.05, 3.63) is 35.4 Å². The number of carboxylic acid groups (broad SMARTS) is 1. The molecule has 0 aliphatic heterocycles. The fraction of sp³-hybridized carbons (Fsp3) is 0.286. The molecule has 0 bridgehead atoms. The van der Waals surface area contributed by atoms with Crippen LogP contribution in [0.2, 0.25) is 0 Å². The zero-order chi connectivity index (χ0) is 13.1. The number of carboxylic acids is 1. The number of rotatable bonds is 3. The van der Waals surface area contributed by atoms with Crippen molar-refractivity contribution < 1.29 is 19.8 Å². The van der Waals surface area contributed by atoms with Gasteiger partial charge in [-0.25, -0.2) is 0 Å². The molecule has 0 atom stereocenters. The molecule has 0 fully saturated rings. The average Bonchev–Trinajstić information content (AvgIpc) is 2.31. The monoisotopic (exact) mass is 246 g/mol. The summed E-state index contributed by atoms with van der Waals surface area (Å²) >= 11 is 0. The maximum Gasteiger partial charge on any atom is 0.307 e. The Morgan fingerprint density at radius 1 is 1.28 bits per heavy atom. The Kier molecular flexibility index (Phi) is 3.46. The van der Waals surface area contributed by atoms with Crippen LogP contribution >= 0.6 is 0 Å². The number of hydrogen-bond acceptors (Lipinski definition) is 3. The van der Waals surface area contributed by atoms with Gasteiger partial charge < -0.3 is 10.2 Å². The molecule has 18 heavy (non-hydrogen) atoms. The predicted molar refractivity (Wildman–Crippen MR) is 66.3 cm³/mol. The molecule has 2 N–H and O–H groups in total. The highest BCUT2D eigenvalue weighted by Gasteiger charge is 2.15. The first-order valence-corrected chi connectivity index (χ1v) is 5.84. The number of hydrogen-bond donors (Lipinski definition) is 2. The third kappa shape index (κ3) is 2.77. The van der Waals surface area contributed by atoms with E-state index in [-0.39, 0.29) is 18.0 Å². The van der Waals surface area contributed by atoms with Crippen LogP contribution in [0.4, 0.5) is 0 Å². The van der Waals surface area contributed by atoms with Gasteiger partial charge in [0.25, 0.3) is 0 Å². The molecule has 0 aromatic heterocycles. The van der Waals surface area contributed by atoms with Crippen molar-refractivity contribution in [2.45, 2.75) is 25.7 Å². The van der Waals surface area contributed by atoms with Crippen LogP contribution in [0.5, 0.6) is 5.75 Å². The molecule has 94 valence electrons. The number of carbonyl (C=O) groups excluding carboxylic acids is 1. The van der Waals surface area contributed by atoms with Gasteiger partial charge in [0.05, 0.1) is 6.42 Å². The van der Waals surface area contributed by atoms with Crippen LogP contribution in [0.3, 0.4) is 0 Å². The molecule has 1 aliphatic carbocycles. The molecule has 0 spiro atoms. The first-order valence-electron chi connectivity index (χ1n) is 5.84. The van der Waals surface area contributed by atoms with E-state index in [1.165, 1.54) is 6.07 Å². The van der Waals surface area contributed by atoms with Crippen LogP contribution in [0.15, 0.2) is 24.3 Å². The molecule has 0 heterocycles. The lowest BCUT2D eigenvalue weighted by Gasteiger charge is -2.14. The van der Waals surface area contributed by atoms with Crippen LogP contribution in [0.25, 0.3) is 5.57 Å². The quantitative estimate of drug-likeness (QED) is 0.857. The van der Waals surface area contributed by atoms with Crippen LogP contribution < -0.4 is 0 Å². The molecule has 0 amide bonds. The number of aromatic hydroxyl groups is 1. The number of carbonyl (C=O) groups is 2. The zero-order valence-electron chi connectivity index (χ0n) is 9.85. The fourth-order valence-electron chi connectivity index (χ4n) is 2.13. The molecular formula is C14H14O4. The van der Waals surface area contributed by atoms with E-state index in [0.717, 1.165) is 18.4 Å². The van der Waals surface area contributed by atoms with E-state index in [1.54, 1.807) is 18.2 Å². The van der Waals surface area contributed by atoms with Crippen LogP contribution in [0.1, 0.15) is 30.4 Å². The van der Waals surface area contributed by atoms with E-state index >= 15 is 0 Å². The summed E-state index contributed by atoms with van der Waals surface area (Å²) in [7, 11) is 0. The lowest BCUT2D eigenvalue weighted by molar-refractivity contribution is -0.136. The number of ketones is 1. The second-order valence-electron chi connectivity index (χ2n) is 4.41. The summed E-state index contributed by atoms with van der Waals surface area (Å²) in [4.78, 5) is 22.0. The minimum Gasteiger partial charge on any atom is -0.507 e. The molecule has 2 rings (SSSR count). The molecule has 4 nitrogen and oxygen atoms in total. The smallest absolute Gasteiger partial charge is 0.307 e. The first kappa shape index (κ1) is 12.4. The Balaban J connectivity index is 2.37. The summed E-state index contributed by atoms with van der Waals surface area (Å²) in [5, 5.41) is 18.6. The number of phenolic OH excluding ortho intramolecular Hbond substituents is 1. The lowest BCUT2D eigenvalue weighted by atomic mass is 9.91. The van der Waals surface area contributed by atoms with Gasteiger partial charge in [0, 0.05) is 12.0 Å². The van der Waals surface area contributed by atoms with Crippen LogP contribution in [-0.4, -0.2) is 22.0 Å². The van der Waals surface area contributed by atoms with Gasteiger partial charge >= 0.3 is 5.97 Å². The van der Waals surface area contributed by atoms with Gasteiger partial charge in [0.15, 0.2) is 5.78 Å². The molecule has 0 saturated carbocycles. The van der Waals surface area contributed by atoms with Gasteiger partial charge in [0.1, 0.15) is 5.75 Å². The molecule has 1 aromatic rings. The van der Waals surface area contributed by atoms with E-state index in [4.69, 9.17) is 5.11 Å². The van der Waals surface area contributed by atoms with Gasteiger partial charge in [-0.1, -0.05) is 6.07 Å². The fourth-order valence-corrected chi connectivity index (χ4v) is 2.13. The largest absolute Gasteiger partial charge is 0.507 e. The highest BCUT2D eigenvalue weighted by molar-refractivity contribution is 5.99. The number of benzene rings is 1. The van der Waals surface area contributed by atoms with Crippen molar-refractivity contribution in [3.8, 4) is 5.75 Å². The summed E-state index contributed by atoms with van der Waals surface area (Å²) in [6.07, 6.45) is 3.50. The Labute approximate surface area is 105 Å². The number of allylic oxidation sites excluding steroid dienone is 2. The topological polar surface area (TPSA) is 74.6 Å². The average molecular weight is 246 g/mol. The highest BCUT2D eigenvalue weighted by Crippen LogP contribution is 2.32. The van der Waals surface area contributed by atoms with Crippen LogP contribution in [0, 0.1) is 0 Å². The summed E-state index contributed by atoms with van der Waals surface area (Å²) in [5.41, 5.74) is 1.98. The third-order valence-electron chi connectivity index (χ3n) is 2.97. The normalized spacial score (nSPS) is 15.3. The minimum absolute atomic E-state index is 0.0549. The summed E-state index contributed by atoms with van der Waals surface area (Å²) in [6, 6.07) is 4.71. The van der Waals surface area contributed by atoms with Crippen molar-refractivity contribution in [1.29, 1.82) is 0 Å². The summed E-state index contributed by atoms with van der Waals surface area (Å²) in [5.74, 6) is -0.773. The van der Waals surface area contributed by atoms with E-state index < -0.39 is 5.97 Å². The zero-order valence-corrected chi connectivity index (χ0v) is 9.85. The minimum atomic E-state index is -0.916. The highest BCUT2D eigenvalue weighted by atomic mass is 16.4. The maximum absolute atomic E-state index is 11.4. The summed E-state index contributed by atoms with van der Waals surface area (Å²) < 4.78 is 0. The molecule has 1 aliphatic rings. The number of aliphatic carboxylic acids is 1. The van der Waals surface area contributed by atoms with Gasteiger partial charge in [-0.2, -0.15) is 0 Å². The lowest BCUT2D eigenvalue weighted by Crippen LogP contribution is -2.04. The molecule has 1 aromatic carbocycles. The Morgan fingerprint density at radius 3 is 2.72 bits per heavy atom. The third-order valence-corrected chi connectivity index (χ3v) is 2.97. The Bertz CT molecular complexity index is 529. The maximum atomic E-state index is 11.4. The van der Waals surface area contributed by atoms with Crippen LogP contribution in [-0.2, 0) is 16.0 Å².